The zero-order valence-corrected chi connectivity index (χ0v) is 21.5. The third kappa shape index (κ3) is 6.52. The molecule has 1 amide bonds. The molecule has 0 radical (unpaired) electrons. The molecule has 1 aromatic carbocycles. The minimum absolute atomic E-state index is 0.175. The van der Waals surface area contributed by atoms with Gasteiger partial charge in [-0.05, 0) is 45.4 Å². The Labute approximate surface area is 209 Å². The fourth-order valence-electron chi connectivity index (χ4n) is 3.95. The first-order valence-corrected chi connectivity index (χ1v) is 12.7. The van der Waals surface area contributed by atoms with Gasteiger partial charge in [-0.3, -0.25) is 9.69 Å². The van der Waals surface area contributed by atoms with Gasteiger partial charge in [0.2, 0.25) is 5.91 Å². The van der Waals surface area contributed by atoms with Crippen LogP contribution in [0.3, 0.4) is 0 Å². The van der Waals surface area contributed by atoms with Crippen molar-refractivity contribution in [2.45, 2.75) is 27.7 Å². The maximum atomic E-state index is 12.9. The molecule has 1 N–H and O–H groups in total. The second-order valence-electron chi connectivity index (χ2n) is 7.91. The van der Waals surface area contributed by atoms with Gasteiger partial charge in [0.15, 0.2) is 0 Å². The predicted molar refractivity (Wildman–Crippen MR) is 136 cm³/mol. The molecule has 2 heterocycles. The van der Waals surface area contributed by atoms with Gasteiger partial charge in [-0.25, -0.2) is 9.59 Å². The third-order valence-corrected chi connectivity index (χ3v) is 6.77. The van der Waals surface area contributed by atoms with Crippen molar-refractivity contribution in [3.05, 3.63) is 40.3 Å². The third-order valence-electron chi connectivity index (χ3n) is 5.59. The molecule has 0 atom stereocenters. The van der Waals surface area contributed by atoms with Crippen LogP contribution in [0.25, 0.3) is 0 Å². The van der Waals surface area contributed by atoms with Crippen LogP contribution >= 0.6 is 11.3 Å². The van der Waals surface area contributed by atoms with Crippen molar-refractivity contribution >= 4 is 39.9 Å². The van der Waals surface area contributed by atoms with Crippen molar-refractivity contribution in [1.29, 1.82) is 0 Å². The number of anilines is 2. The summed E-state index contributed by atoms with van der Waals surface area (Å²) < 4.78 is 16.0. The average molecular weight is 504 g/mol. The van der Waals surface area contributed by atoms with Crippen LogP contribution in [0.5, 0.6) is 5.75 Å². The number of piperazine rings is 1. The van der Waals surface area contributed by atoms with Crippen molar-refractivity contribution in [3.8, 4) is 5.75 Å². The van der Waals surface area contributed by atoms with Gasteiger partial charge in [-0.15, -0.1) is 11.3 Å². The lowest BCUT2D eigenvalue weighted by Gasteiger charge is -2.36. The Bertz CT molecular complexity index is 1050. The Morgan fingerprint density at radius 2 is 1.60 bits per heavy atom. The minimum Gasteiger partial charge on any atom is -0.492 e. The van der Waals surface area contributed by atoms with E-state index in [4.69, 9.17) is 14.2 Å². The van der Waals surface area contributed by atoms with Crippen LogP contribution in [0.4, 0.5) is 10.7 Å². The molecule has 0 unspecified atom stereocenters. The van der Waals surface area contributed by atoms with Crippen LogP contribution < -0.4 is 15.0 Å². The molecule has 0 saturated carbocycles. The van der Waals surface area contributed by atoms with Crippen LogP contribution in [0, 0.1) is 6.92 Å². The number of carbonyl (C=O) groups excluding carboxylic acids is 3. The smallest absolute Gasteiger partial charge is 0.348 e. The number of rotatable bonds is 10. The quantitative estimate of drug-likeness (QED) is 0.492. The molecule has 190 valence electrons. The van der Waals surface area contributed by atoms with E-state index in [0.717, 1.165) is 35.9 Å². The Morgan fingerprint density at radius 3 is 2.26 bits per heavy atom. The number of nitrogens with one attached hydrogen (secondary N) is 1. The van der Waals surface area contributed by atoms with Crippen LogP contribution in [-0.4, -0.2) is 75.3 Å². The maximum Gasteiger partial charge on any atom is 0.348 e. The van der Waals surface area contributed by atoms with Gasteiger partial charge in [0.1, 0.15) is 15.6 Å². The van der Waals surface area contributed by atoms with E-state index in [0.29, 0.717) is 30.3 Å². The second-order valence-corrected chi connectivity index (χ2v) is 8.93. The number of hydrogen-bond donors (Lipinski definition) is 1. The first-order chi connectivity index (χ1) is 16.9. The monoisotopic (exact) mass is 503 g/mol. The highest BCUT2D eigenvalue weighted by molar-refractivity contribution is 7.18. The van der Waals surface area contributed by atoms with Crippen molar-refractivity contribution in [2.24, 2.45) is 0 Å². The number of para-hydroxylation sites is 2. The molecule has 2 aromatic rings. The van der Waals surface area contributed by atoms with E-state index in [1.165, 1.54) is 0 Å². The molecule has 0 bridgehead atoms. The van der Waals surface area contributed by atoms with Gasteiger partial charge in [0.05, 0.1) is 37.6 Å². The molecule has 0 aliphatic carbocycles. The summed E-state index contributed by atoms with van der Waals surface area (Å²) in [6, 6.07) is 7.96. The number of nitrogens with zero attached hydrogens (tertiary/aromatic N) is 2. The standard InChI is InChI=1S/C25H33N3O6S/c1-5-32-19-11-9-8-10-18(19)28-14-12-27(13-15-28)16-20(29)26-23-21(24(30)33-6-2)17(4)22(35-23)25(31)34-7-3/h8-11H,5-7,12-16H2,1-4H3,(H,26,29). The molecule has 3 rings (SSSR count). The number of benzene rings is 1. The highest BCUT2D eigenvalue weighted by Gasteiger charge is 2.28. The SMILES string of the molecule is CCOC(=O)c1sc(NC(=O)CN2CCN(c3ccccc3OCC)CC2)c(C(=O)OCC)c1C. The van der Waals surface area contributed by atoms with Crippen LogP contribution in [0.15, 0.2) is 24.3 Å². The Morgan fingerprint density at radius 1 is 0.943 bits per heavy atom. The van der Waals surface area contributed by atoms with Crippen molar-refractivity contribution in [1.82, 2.24) is 4.90 Å². The topological polar surface area (TPSA) is 97.4 Å². The number of carbonyl (C=O) groups is 3. The van der Waals surface area contributed by atoms with Crippen molar-refractivity contribution < 1.29 is 28.6 Å². The van der Waals surface area contributed by atoms with Crippen LogP contribution in [0.2, 0.25) is 0 Å². The van der Waals surface area contributed by atoms with E-state index in [9.17, 15) is 14.4 Å². The summed E-state index contributed by atoms with van der Waals surface area (Å²) >= 11 is 1.03. The normalized spacial score (nSPS) is 13.9. The van der Waals surface area contributed by atoms with E-state index >= 15 is 0 Å². The fraction of sp³-hybridized carbons (Fsp3) is 0.480. The summed E-state index contributed by atoms with van der Waals surface area (Å²) in [5.74, 6) is -0.494. The Hall–Kier alpha value is -3.11. The number of thiophene rings is 1. The Kier molecular flexibility index (Phi) is 9.50. The molecular weight excluding hydrogens is 470 g/mol. The summed E-state index contributed by atoms with van der Waals surface area (Å²) in [4.78, 5) is 42.4. The predicted octanol–water partition coefficient (Wildman–Crippen LogP) is 3.57. The van der Waals surface area contributed by atoms with E-state index in [1.807, 2.05) is 31.2 Å². The maximum absolute atomic E-state index is 12.9. The van der Waals surface area contributed by atoms with Gasteiger partial charge in [0, 0.05) is 26.2 Å². The summed E-state index contributed by atoms with van der Waals surface area (Å²) in [7, 11) is 0. The largest absolute Gasteiger partial charge is 0.492 e. The molecule has 1 aliphatic heterocycles. The summed E-state index contributed by atoms with van der Waals surface area (Å²) in [5.41, 5.74) is 1.70. The van der Waals surface area contributed by atoms with Gasteiger partial charge in [-0.2, -0.15) is 0 Å². The Balaban J connectivity index is 1.65. The van der Waals surface area contributed by atoms with Gasteiger partial charge in [-0.1, -0.05) is 12.1 Å². The lowest BCUT2D eigenvalue weighted by atomic mass is 10.1. The lowest BCUT2D eigenvalue weighted by Crippen LogP contribution is -2.48. The van der Waals surface area contributed by atoms with Gasteiger partial charge < -0.3 is 24.4 Å². The highest BCUT2D eigenvalue weighted by Crippen LogP contribution is 2.34. The number of ether oxygens (including phenoxy) is 3. The molecule has 1 fully saturated rings. The summed E-state index contributed by atoms with van der Waals surface area (Å²) in [6.45, 7) is 11.1. The second kappa shape index (κ2) is 12.6. The fourth-order valence-corrected chi connectivity index (χ4v) is 5.06. The lowest BCUT2D eigenvalue weighted by molar-refractivity contribution is -0.117. The molecule has 10 heteroatoms. The molecule has 35 heavy (non-hydrogen) atoms. The van der Waals surface area contributed by atoms with Crippen molar-refractivity contribution in [2.75, 3.05) is 62.8 Å². The molecular formula is C25H33N3O6S. The molecule has 1 saturated heterocycles. The van der Waals surface area contributed by atoms with E-state index in [-0.39, 0.29) is 36.1 Å². The summed E-state index contributed by atoms with van der Waals surface area (Å²) in [5, 5.41) is 3.12. The first kappa shape index (κ1) is 26.5. The zero-order valence-electron chi connectivity index (χ0n) is 20.7. The zero-order chi connectivity index (χ0) is 25.4. The van der Waals surface area contributed by atoms with Crippen LogP contribution in [0.1, 0.15) is 46.4 Å². The van der Waals surface area contributed by atoms with Crippen LogP contribution in [-0.2, 0) is 14.3 Å². The first-order valence-electron chi connectivity index (χ1n) is 11.9. The van der Waals surface area contributed by atoms with Gasteiger partial charge in [0.25, 0.3) is 0 Å². The van der Waals surface area contributed by atoms with E-state index in [2.05, 4.69) is 15.1 Å². The molecule has 0 spiro atoms. The molecule has 9 nitrogen and oxygen atoms in total. The number of esters is 2. The number of amides is 1. The van der Waals surface area contributed by atoms with Crippen molar-refractivity contribution in [3.63, 3.8) is 0 Å². The van der Waals surface area contributed by atoms with Gasteiger partial charge >= 0.3 is 11.9 Å². The number of hydrogen-bond acceptors (Lipinski definition) is 9. The minimum atomic E-state index is -0.575. The average Bonchev–Trinajstić information content (AvgIpc) is 3.16. The van der Waals surface area contributed by atoms with E-state index in [1.54, 1.807) is 20.8 Å². The molecule has 1 aromatic heterocycles. The highest BCUT2D eigenvalue weighted by atomic mass is 32.1. The summed E-state index contributed by atoms with van der Waals surface area (Å²) in [6.07, 6.45) is 0. The molecule has 1 aliphatic rings. The van der Waals surface area contributed by atoms with E-state index < -0.39 is 11.9 Å².